The number of hydrogen-bond acceptors (Lipinski definition) is 7. The molecule has 1 aromatic carbocycles. The molecule has 0 spiro atoms. The largest absolute Gasteiger partial charge is 0.376 e. The smallest absolute Gasteiger partial charge is 0.237 e. The molecule has 0 saturated carbocycles. The summed E-state index contributed by atoms with van der Waals surface area (Å²) in [5.74, 6) is -0.00444. The molecule has 1 saturated heterocycles. The Kier molecular flexibility index (Phi) is 5.58. The van der Waals surface area contributed by atoms with Crippen LogP contribution in [0.2, 0.25) is 0 Å². The number of nitrogens with one attached hydrogen (secondary N) is 1. The average Bonchev–Trinajstić information content (AvgIpc) is 3.31. The maximum absolute atomic E-state index is 13.0. The highest BCUT2D eigenvalue weighted by atomic mass is 32.2. The second kappa shape index (κ2) is 8.27. The minimum atomic E-state index is -0.236. The minimum Gasteiger partial charge on any atom is -0.376 e. The first kappa shape index (κ1) is 18.9. The number of amides is 2. The molecule has 0 aliphatic carbocycles. The van der Waals surface area contributed by atoms with Crippen molar-refractivity contribution in [2.24, 2.45) is 0 Å². The molecule has 2 aromatic rings. The van der Waals surface area contributed by atoms with Crippen LogP contribution in [0.5, 0.6) is 0 Å². The Hall–Kier alpha value is -2.46. The number of anilines is 2. The Labute approximate surface area is 166 Å². The Morgan fingerprint density at radius 1 is 1.39 bits per heavy atom. The van der Waals surface area contributed by atoms with Gasteiger partial charge in [-0.15, -0.1) is 5.10 Å². The third kappa shape index (κ3) is 4.02. The molecule has 2 atom stereocenters. The Bertz CT molecular complexity index is 867. The lowest BCUT2D eigenvalue weighted by atomic mass is 10.2. The van der Waals surface area contributed by atoms with E-state index in [1.165, 1.54) is 11.8 Å². The van der Waals surface area contributed by atoms with Crippen LogP contribution >= 0.6 is 11.8 Å². The molecule has 2 aliphatic heterocycles. The molecule has 0 bridgehead atoms. The highest BCUT2D eigenvalue weighted by molar-refractivity contribution is 7.99. The number of fused-ring (bicyclic) bond motifs is 1. The zero-order valence-corrected chi connectivity index (χ0v) is 16.4. The summed E-state index contributed by atoms with van der Waals surface area (Å²) >= 11 is 1.30. The van der Waals surface area contributed by atoms with Crippen LogP contribution in [0.4, 0.5) is 11.4 Å². The molecule has 1 aromatic heterocycles. The van der Waals surface area contributed by atoms with Crippen LogP contribution in [0, 0.1) is 0 Å². The number of hydrogen-bond donors (Lipinski definition) is 1. The number of rotatable bonds is 5. The van der Waals surface area contributed by atoms with Gasteiger partial charge in [-0.1, -0.05) is 23.9 Å². The molecule has 1 fully saturated rings. The van der Waals surface area contributed by atoms with Crippen LogP contribution in [-0.2, 0) is 20.9 Å². The third-order valence-corrected chi connectivity index (χ3v) is 5.79. The van der Waals surface area contributed by atoms with E-state index in [4.69, 9.17) is 4.74 Å². The maximum atomic E-state index is 13.0. The molecule has 0 radical (unpaired) electrons. The van der Waals surface area contributed by atoms with Gasteiger partial charge >= 0.3 is 0 Å². The van der Waals surface area contributed by atoms with Crippen LogP contribution in [0.1, 0.15) is 26.2 Å². The zero-order chi connectivity index (χ0) is 19.5. The van der Waals surface area contributed by atoms with Crippen molar-refractivity contribution in [1.82, 2.24) is 20.2 Å². The second-order valence-electron chi connectivity index (χ2n) is 6.95. The molecule has 10 heteroatoms. The van der Waals surface area contributed by atoms with E-state index in [2.05, 4.69) is 20.8 Å². The summed E-state index contributed by atoms with van der Waals surface area (Å²) in [6.07, 6.45) is 2.41. The summed E-state index contributed by atoms with van der Waals surface area (Å²) in [5.41, 5.74) is 1.36. The zero-order valence-electron chi connectivity index (χ0n) is 15.6. The molecule has 1 N–H and O–H groups in total. The molecule has 0 unspecified atom stereocenters. The van der Waals surface area contributed by atoms with E-state index < -0.39 is 0 Å². The molecular weight excluding hydrogens is 380 g/mol. The van der Waals surface area contributed by atoms with Crippen molar-refractivity contribution < 1.29 is 14.3 Å². The number of para-hydroxylation sites is 2. The standard InChI is InChI=1S/C18H22N6O3S/c1-12-9-16(25)19-14-6-2-3-7-15(14)24(12)17(26)11-28-18-20-21-22-23(18)10-13-5-4-8-27-13/h2-3,6-7,12-13H,4-5,8-11H2,1H3,(H,19,25)/t12-,13+/m0/s1. The lowest BCUT2D eigenvalue weighted by Crippen LogP contribution is -2.40. The van der Waals surface area contributed by atoms with E-state index in [9.17, 15) is 9.59 Å². The summed E-state index contributed by atoms with van der Waals surface area (Å²) in [6, 6.07) is 7.12. The van der Waals surface area contributed by atoms with Gasteiger partial charge in [0.2, 0.25) is 17.0 Å². The molecule has 2 aliphatic rings. The van der Waals surface area contributed by atoms with Gasteiger partial charge in [-0.25, -0.2) is 4.68 Å². The van der Waals surface area contributed by atoms with E-state index in [-0.39, 0.29) is 36.1 Å². The predicted molar refractivity (Wildman–Crippen MR) is 104 cm³/mol. The third-order valence-electron chi connectivity index (χ3n) is 4.85. The van der Waals surface area contributed by atoms with Gasteiger partial charge in [-0.2, -0.15) is 0 Å². The molecule has 2 amide bonds. The average molecular weight is 402 g/mol. The summed E-state index contributed by atoms with van der Waals surface area (Å²) in [5, 5.41) is 15.3. The van der Waals surface area contributed by atoms with Gasteiger partial charge in [0.05, 0.1) is 29.8 Å². The molecule has 148 valence electrons. The van der Waals surface area contributed by atoms with E-state index in [1.54, 1.807) is 15.6 Å². The van der Waals surface area contributed by atoms with E-state index in [0.717, 1.165) is 19.4 Å². The number of nitrogens with zero attached hydrogens (tertiary/aromatic N) is 5. The maximum Gasteiger partial charge on any atom is 0.237 e. The predicted octanol–water partition coefficient (Wildman–Crippen LogP) is 1.71. The van der Waals surface area contributed by atoms with Gasteiger partial charge in [0, 0.05) is 19.1 Å². The van der Waals surface area contributed by atoms with Gasteiger partial charge in [-0.05, 0) is 42.3 Å². The molecule has 28 heavy (non-hydrogen) atoms. The van der Waals surface area contributed by atoms with Gasteiger partial charge in [-0.3, -0.25) is 9.59 Å². The fraction of sp³-hybridized carbons (Fsp3) is 0.500. The first-order chi connectivity index (χ1) is 13.6. The topological polar surface area (TPSA) is 102 Å². The van der Waals surface area contributed by atoms with Crippen molar-refractivity contribution in [2.75, 3.05) is 22.6 Å². The van der Waals surface area contributed by atoms with E-state index in [0.29, 0.717) is 23.1 Å². The van der Waals surface area contributed by atoms with E-state index in [1.807, 2.05) is 25.1 Å². The number of carbonyl (C=O) groups excluding carboxylic acids is 2. The van der Waals surface area contributed by atoms with Gasteiger partial charge < -0.3 is 15.0 Å². The quantitative estimate of drug-likeness (QED) is 0.760. The van der Waals surface area contributed by atoms with Crippen molar-refractivity contribution in [3.05, 3.63) is 24.3 Å². The first-order valence-corrected chi connectivity index (χ1v) is 10.3. The number of benzene rings is 1. The molecule has 9 nitrogen and oxygen atoms in total. The van der Waals surface area contributed by atoms with Crippen LogP contribution in [0.15, 0.2) is 29.4 Å². The lowest BCUT2D eigenvalue weighted by Gasteiger charge is -2.27. The fourth-order valence-corrected chi connectivity index (χ4v) is 4.31. The summed E-state index contributed by atoms with van der Waals surface area (Å²) in [7, 11) is 0. The Morgan fingerprint density at radius 2 is 2.25 bits per heavy atom. The lowest BCUT2D eigenvalue weighted by molar-refractivity contribution is -0.117. The molecular formula is C18H22N6O3S. The van der Waals surface area contributed by atoms with Crippen molar-refractivity contribution in [1.29, 1.82) is 0 Å². The van der Waals surface area contributed by atoms with Gasteiger partial charge in [0.15, 0.2) is 0 Å². The van der Waals surface area contributed by atoms with Crippen LogP contribution < -0.4 is 10.2 Å². The van der Waals surface area contributed by atoms with Crippen molar-refractivity contribution >= 4 is 35.0 Å². The second-order valence-corrected chi connectivity index (χ2v) is 7.89. The number of ether oxygens (including phenoxy) is 1. The SMILES string of the molecule is C[C@H]1CC(=O)Nc2ccccc2N1C(=O)CSc1nnnn1C[C@H]1CCCO1. The number of carbonyl (C=O) groups is 2. The van der Waals surface area contributed by atoms with Crippen molar-refractivity contribution in [2.45, 2.75) is 50.0 Å². The molecule has 3 heterocycles. The van der Waals surface area contributed by atoms with Crippen molar-refractivity contribution in [3.8, 4) is 0 Å². The van der Waals surface area contributed by atoms with Crippen molar-refractivity contribution in [3.63, 3.8) is 0 Å². The van der Waals surface area contributed by atoms with Gasteiger partial charge in [0.1, 0.15) is 0 Å². The van der Waals surface area contributed by atoms with Crippen LogP contribution in [-0.4, -0.2) is 56.5 Å². The fourth-order valence-electron chi connectivity index (χ4n) is 3.56. The number of tetrazole rings is 1. The minimum absolute atomic E-state index is 0.0897. The molecule has 4 rings (SSSR count). The monoisotopic (exact) mass is 402 g/mol. The Balaban J connectivity index is 1.46. The highest BCUT2D eigenvalue weighted by Crippen LogP contribution is 2.32. The van der Waals surface area contributed by atoms with Crippen LogP contribution in [0.3, 0.4) is 0 Å². The number of thioether (sulfide) groups is 1. The van der Waals surface area contributed by atoms with Crippen LogP contribution in [0.25, 0.3) is 0 Å². The first-order valence-electron chi connectivity index (χ1n) is 9.33. The van der Waals surface area contributed by atoms with E-state index >= 15 is 0 Å². The van der Waals surface area contributed by atoms with Gasteiger partial charge in [0.25, 0.3) is 0 Å². The Morgan fingerprint density at radius 3 is 3.07 bits per heavy atom. The summed E-state index contributed by atoms with van der Waals surface area (Å²) < 4.78 is 7.33. The summed E-state index contributed by atoms with van der Waals surface area (Å²) in [6.45, 7) is 3.24. The number of aromatic nitrogens is 4. The normalized spacial score (nSPS) is 21.9. The summed E-state index contributed by atoms with van der Waals surface area (Å²) in [4.78, 5) is 26.8. The highest BCUT2D eigenvalue weighted by Gasteiger charge is 2.30.